The normalized spacial score (nSPS) is 11.1. The molecule has 0 saturated carbocycles. The van der Waals surface area contributed by atoms with Crippen molar-refractivity contribution in [1.82, 2.24) is 4.98 Å². The Hall–Kier alpha value is -2.53. The average Bonchev–Trinajstić information content (AvgIpc) is 2.89. The lowest BCUT2D eigenvalue weighted by molar-refractivity contribution is -0.118. The number of halogens is 1. The van der Waals surface area contributed by atoms with Crippen molar-refractivity contribution in [2.45, 2.75) is 13.8 Å². The number of phenols is 1. The molecule has 0 unspecified atom stereocenters. The van der Waals surface area contributed by atoms with Gasteiger partial charge in [-0.2, -0.15) is 0 Å². The second-order valence-electron chi connectivity index (χ2n) is 5.51. The summed E-state index contributed by atoms with van der Waals surface area (Å²) < 4.78 is 5.63. The molecular weight excluding hydrogens is 316 g/mol. The molecule has 0 spiro atoms. The van der Waals surface area contributed by atoms with Gasteiger partial charge in [-0.3, -0.25) is 4.79 Å². The highest BCUT2D eigenvalue weighted by atomic mass is 35.5. The van der Waals surface area contributed by atoms with Gasteiger partial charge in [0.2, 0.25) is 11.8 Å². The lowest BCUT2D eigenvalue weighted by Crippen LogP contribution is -2.17. The van der Waals surface area contributed by atoms with E-state index in [1.165, 1.54) is 6.07 Å². The SMILES string of the molecule is CC(C)C(=O)Nc1ccc(-c2nc3cc(Cl)ccc3o2)c(O)c1. The highest BCUT2D eigenvalue weighted by Crippen LogP contribution is 2.33. The number of hydrogen-bond donors (Lipinski definition) is 2. The Morgan fingerprint density at radius 1 is 1.26 bits per heavy atom. The first kappa shape index (κ1) is 15.4. The molecular formula is C17H15ClN2O3. The minimum Gasteiger partial charge on any atom is -0.507 e. The number of carbonyl (C=O) groups is 1. The summed E-state index contributed by atoms with van der Waals surface area (Å²) in [6.45, 7) is 3.60. The molecule has 0 radical (unpaired) electrons. The fourth-order valence-electron chi connectivity index (χ4n) is 2.09. The number of nitrogens with one attached hydrogen (secondary N) is 1. The number of fused-ring (bicyclic) bond motifs is 1. The second kappa shape index (κ2) is 5.93. The predicted octanol–water partition coefficient (Wildman–Crippen LogP) is 4.45. The molecule has 0 saturated heterocycles. The van der Waals surface area contributed by atoms with Crippen molar-refractivity contribution in [3.63, 3.8) is 0 Å². The lowest BCUT2D eigenvalue weighted by atomic mass is 10.1. The van der Waals surface area contributed by atoms with Gasteiger partial charge in [0.15, 0.2) is 5.58 Å². The highest BCUT2D eigenvalue weighted by molar-refractivity contribution is 6.31. The van der Waals surface area contributed by atoms with Crippen molar-refractivity contribution in [2.24, 2.45) is 5.92 Å². The zero-order valence-electron chi connectivity index (χ0n) is 12.6. The van der Waals surface area contributed by atoms with Crippen LogP contribution < -0.4 is 5.32 Å². The van der Waals surface area contributed by atoms with Gasteiger partial charge >= 0.3 is 0 Å². The molecule has 1 heterocycles. The maximum Gasteiger partial charge on any atom is 0.231 e. The number of phenolic OH excluding ortho intramolecular Hbond substituents is 1. The van der Waals surface area contributed by atoms with Gasteiger partial charge in [0, 0.05) is 22.7 Å². The van der Waals surface area contributed by atoms with Gasteiger partial charge < -0.3 is 14.8 Å². The molecule has 0 bridgehead atoms. The van der Waals surface area contributed by atoms with Crippen LogP contribution in [-0.4, -0.2) is 16.0 Å². The molecule has 1 aromatic heterocycles. The number of nitrogens with zero attached hydrogens (tertiary/aromatic N) is 1. The highest BCUT2D eigenvalue weighted by Gasteiger charge is 2.14. The van der Waals surface area contributed by atoms with E-state index >= 15 is 0 Å². The standard InChI is InChI=1S/C17H15ClN2O3/c1-9(2)16(22)19-11-4-5-12(14(21)8-11)17-20-13-7-10(18)3-6-15(13)23-17/h3-9,21H,1-2H3,(H,19,22). The van der Waals surface area contributed by atoms with Crippen molar-refractivity contribution < 1.29 is 14.3 Å². The third-order valence-corrected chi connectivity index (χ3v) is 3.60. The topological polar surface area (TPSA) is 75.4 Å². The largest absolute Gasteiger partial charge is 0.507 e. The maximum atomic E-state index is 11.7. The first-order valence-corrected chi connectivity index (χ1v) is 7.52. The van der Waals surface area contributed by atoms with Crippen LogP contribution in [0.2, 0.25) is 5.02 Å². The number of oxazole rings is 1. The third kappa shape index (κ3) is 3.14. The molecule has 23 heavy (non-hydrogen) atoms. The van der Waals surface area contributed by atoms with Crippen LogP contribution in [0.3, 0.4) is 0 Å². The van der Waals surface area contributed by atoms with E-state index in [9.17, 15) is 9.90 Å². The van der Waals surface area contributed by atoms with Gasteiger partial charge in [-0.15, -0.1) is 0 Å². The summed E-state index contributed by atoms with van der Waals surface area (Å²) >= 11 is 5.93. The Morgan fingerprint density at radius 3 is 2.74 bits per heavy atom. The molecule has 2 aromatic carbocycles. The Kier molecular flexibility index (Phi) is 3.96. The van der Waals surface area contributed by atoms with Crippen LogP contribution in [0.25, 0.3) is 22.6 Å². The summed E-state index contributed by atoms with van der Waals surface area (Å²) in [5.74, 6) is 0.0120. The van der Waals surface area contributed by atoms with E-state index in [4.69, 9.17) is 16.0 Å². The summed E-state index contributed by atoms with van der Waals surface area (Å²) in [7, 11) is 0. The third-order valence-electron chi connectivity index (χ3n) is 3.37. The monoisotopic (exact) mass is 330 g/mol. The summed E-state index contributed by atoms with van der Waals surface area (Å²) in [5, 5.41) is 13.5. The summed E-state index contributed by atoms with van der Waals surface area (Å²) in [6, 6.07) is 9.94. The number of rotatable bonds is 3. The van der Waals surface area contributed by atoms with Crippen molar-refractivity contribution in [3.05, 3.63) is 41.4 Å². The first-order chi connectivity index (χ1) is 10.9. The van der Waals surface area contributed by atoms with E-state index in [2.05, 4.69) is 10.3 Å². The molecule has 0 fully saturated rings. The molecule has 0 atom stereocenters. The number of aromatic nitrogens is 1. The molecule has 5 nitrogen and oxygen atoms in total. The molecule has 2 N–H and O–H groups in total. The minimum atomic E-state index is -0.140. The van der Waals surface area contributed by atoms with Crippen molar-refractivity contribution >= 4 is 34.3 Å². The van der Waals surface area contributed by atoms with Gasteiger partial charge in [-0.05, 0) is 30.3 Å². The van der Waals surface area contributed by atoms with Gasteiger partial charge in [-0.25, -0.2) is 4.98 Å². The van der Waals surface area contributed by atoms with Crippen molar-refractivity contribution in [1.29, 1.82) is 0 Å². The van der Waals surface area contributed by atoms with E-state index < -0.39 is 0 Å². The lowest BCUT2D eigenvalue weighted by Gasteiger charge is -2.09. The number of hydrogen-bond acceptors (Lipinski definition) is 4. The number of anilines is 1. The average molecular weight is 331 g/mol. The second-order valence-corrected chi connectivity index (χ2v) is 5.94. The Bertz CT molecular complexity index is 887. The Labute approximate surface area is 137 Å². The smallest absolute Gasteiger partial charge is 0.231 e. The summed E-state index contributed by atoms with van der Waals surface area (Å²) in [5.41, 5.74) is 2.16. The van der Waals surface area contributed by atoms with Crippen LogP contribution in [0.5, 0.6) is 5.75 Å². The van der Waals surface area contributed by atoms with Crippen LogP contribution >= 0.6 is 11.6 Å². The molecule has 1 amide bonds. The number of amides is 1. The van der Waals surface area contributed by atoms with Crippen LogP contribution in [-0.2, 0) is 4.79 Å². The maximum absolute atomic E-state index is 11.7. The van der Waals surface area contributed by atoms with E-state index in [0.29, 0.717) is 33.3 Å². The number of benzene rings is 2. The Morgan fingerprint density at radius 2 is 2.04 bits per heavy atom. The Balaban J connectivity index is 1.94. The summed E-state index contributed by atoms with van der Waals surface area (Å²) in [6.07, 6.45) is 0. The first-order valence-electron chi connectivity index (χ1n) is 7.14. The van der Waals surface area contributed by atoms with Gasteiger partial charge in [-0.1, -0.05) is 25.4 Å². The zero-order chi connectivity index (χ0) is 16.6. The van der Waals surface area contributed by atoms with Gasteiger partial charge in [0.25, 0.3) is 0 Å². The molecule has 3 rings (SSSR count). The molecule has 0 aliphatic heterocycles. The number of carbonyl (C=O) groups excluding carboxylic acids is 1. The molecule has 118 valence electrons. The van der Waals surface area contributed by atoms with Crippen LogP contribution in [0.1, 0.15) is 13.8 Å². The minimum absolute atomic E-state index is 0.0239. The van der Waals surface area contributed by atoms with Gasteiger partial charge in [0.05, 0.1) is 5.56 Å². The van der Waals surface area contributed by atoms with Crippen LogP contribution in [0.4, 0.5) is 5.69 Å². The predicted molar refractivity (Wildman–Crippen MR) is 89.6 cm³/mol. The van der Waals surface area contributed by atoms with E-state index in [1.807, 2.05) is 0 Å². The quantitative estimate of drug-likeness (QED) is 0.744. The van der Waals surface area contributed by atoms with E-state index in [0.717, 1.165) is 0 Å². The van der Waals surface area contributed by atoms with Crippen molar-refractivity contribution in [2.75, 3.05) is 5.32 Å². The molecule has 3 aromatic rings. The fraction of sp³-hybridized carbons (Fsp3) is 0.176. The van der Waals surface area contributed by atoms with Gasteiger partial charge in [0.1, 0.15) is 11.3 Å². The van der Waals surface area contributed by atoms with Crippen molar-refractivity contribution in [3.8, 4) is 17.2 Å². The van der Waals surface area contributed by atoms with E-state index in [-0.39, 0.29) is 17.6 Å². The number of aromatic hydroxyl groups is 1. The van der Waals surface area contributed by atoms with Crippen LogP contribution in [0, 0.1) is 5.92 Å². The van der Waals surface area contributed by atoms with E-state index in [1.54, 1.807) is 44.2 Å². The zero-order valence-corrected chi connectivity index (χ0v) is 13.4. The molecule has 0 aliphatic carbocycles. The molecule has 6 heteroatoms. The summed E-state index contributed by atoms with van der Waals surface area (Å²) in [4.78, 5) is 16.0. The molecule has 0 aliphatic rings. The van der Waals surface area contributed by atoms with Crippen LogP contribution in [0.15, 0.2) is 40.8 Å². The fourth-order valence-corrected chi connectivity index (χ4v) is 2.26.